The molecule has 0 radical (unpaired) electrons. The van der Waals surface area contributed by atoms with E-state index in [9.17, 15) is 0 Å². The maximum Gasteiger partial charge on any atom is -0.00235 e. The Balaban J connectivity index is 3.53. The van der Waals surface area contributed by atoms with Gasteiger partial charge < -0.3 is 5.32 Å². The largest absolute Gasteiger partial charge is 0.319 e. The molecule has 1 atom stereocenters. The molecule has 0 amide bonds. The lowest BCUT2D eigenvalue weighted by atomic mass is 9.89. The summed E-state index contributed by atoms with van der Waals surface area (Å²) in [5.74, 6) is 1.74. The highest BCUT2D eigenvalue weighted by Crippen LogP contribution is 2.17. The molecule has 0 saturated heterocycles. The Morgan fingerprint density at radius 2 is 1.70 bits per heavy atom. The first-order valence-electron chi connectivity index (χ1n) is 4.40. The number of hydrogen-bond acceptors (Lipinski definition) is 1. The van der Waals surface area contributed by atoms with Gasteiger partial charge in [0, 0.05) is 0 Å². The van der Waals surface area contributed by atoms with Gasteiger partial charge in [-0.15, -0.1) is 0 Å². The van der Waals surface area contributed by atoms with Gasteiger partial charge >= 0.3 is 0 Å². The zero-order valence-corrected chi connectivity index (χ0v) is 7.78. The maximum atomic E-state index is 3.22. The molecule has 0 aromatic carbocycles. The second-order valence-corrected chi connectivity index (χ2v) is 3.11. The van der Waals surface area contributed by atoms with Gasteiger partial charge in [-0.25, -0.2) is 0 Å². The lowest BCUT2D eigenvalue weighted by molar-refractivity contribution is 0.329. The zero-order valence-electron chi connectivity index (χ0n) is 7.78. The van der Waals surface area contributed by atoms with Gasteiger partial charge in [0.15, 0.2) is 0 Å². The second-order valence-electron chi connectivity index (χ2n) is 3.11. The topological polar surface area (TPSA) is 12.0 Å². The van der Waals surface area contributed by atoms with Crippen LogP contribution in [-0.4, -0.2) is 13.6 Å². The molecule has 0 fully saturated rings. The highest BCUT2D eigenvalue weighted by atomic mass is 14.8. The Hall–Kier alpha value is -0.0400. The van der Waals surface area contributed by atoms with E-state index in [4.69, 9.17) is 0 Å². The van der Waals surface area contributed by atoms with Gasteiger partial charge in [-0.3, -0.25) is 0 Å². The molecule has 1 unspecified atom stereocenters. The van der Waals surface area contributed by atoms with Crippen molar-refractivity contribution in [3.63, 3.8) is 0 Å². The van der Waals surface area contributed by atoms with Crippen molar-refractivity contribution < 1.29 is 0 Å². The molecule has 0 saturated carbocycles. The van der Waals surface area contributed by atoms with Crippen LogP contribution >= 0.6 is 0 Å². The van der Waals surface area contributed by atoms with Crippen molar-refractivity contribution >= 4 is 0 Å². The lowest BCUT2D eigenvalue weighted by Gasteiger charge is -2.20. The van der Waals surface area contributed by atoms with Gasteiger partial charge in [0.1, 0.15) is 0 Å². The van der Waals surface area contributed by atoms with Crippen LogP contribution < -0.4 is 5.32 Å². The van der Waals surface area contributed by atoms with E-state index in [1.165, 1.54) is 12.8 Å². The minimum Gasteiger partial charge on any atom is -0.319 e. The average Bonchev–Trinajstić information content (AvgIpc) is 1.91. The van der Waals surface area contributed by atoms with Gasteiger partial charge in [0.2, 0.25) is 0 Å². The van der Waals surface area contributed by atoms with Gasteiger partial charge in [-0.05, 0) is 25.4 Å². The summed E-state index contributed by atoms with van der Waals surface area (Å²) in [5.41, 5.74) is 0. The first-order valence-corrected chi connectivity index (χ1v) is 4.40. The van der Waals surface area contributed by atoms with E-state index in [-0.39, 0.29) is 0 Å². The molecule has 1 heteroatoms. The van der Waals surface area contributed by atoms with E-state index in [0.29, 0.717) is 0 Å². The van der Waals surface area contributed by atoms with Crippen LogP contribution in [0.2, 0.25) is 0 Å². The van der Waals surface area contributed by atoms with Crippen molar-refractivity contribution in [1.29, 1.82) is 0 Å². The molecule has 0 rings (SSSR count). The third kappa shape index (κ3) is 3.21. The SMILES string of the molecule is CCC(CC)C(C)CNC. The predicted molar refractivity (Wildman–Crippen MR) is 47.2 cm³/mol. The van der Waals surface area contributed by atoms with Crippen molar-refractivity contribution in [3.8, 4) is 0 Å². The van der Waals surface area contributed by atoms with Gasteiger partial charge in [0.25, 0.3) is 0 Å². The Labute approximate surface area is 65.2 Å². The second kappa shape index (κ2) is 5.72. The molecule has 62 valence electrons. The van der Waals surface area contributed by atoms with E-state index < -0.39 is 0 Å². The van der Waals surface area contributed by atoms with Crippen LogP contribution in [0.5, 0.6) is 0 Å². The molecule has 1 N–H and O–H groups in total. The van der Waals surface area contributed by atoms with Gasteiger partial charge in [-0.1, -0.05) is 33.6 Å². The van der Waals surface area contributed by atoms with Crippen LogP contribution in [0.25, 0.3) is 0 Å². The summed E-state index contributed by atoms with van der Waals surface area (Å²) in [7, 11) is 2.03. The summed E-state index contributed by atoms with van der Waals surface area (Å²) in [6.07, 6.45) is 2.64. The molecular weight excluding hydrogens is 122 g/mol. The minimum atomic E-state index is 0.833. The number of nitrogens with one attached hydrogen (secondary N) is 1. The fourth-order valence-electron chi connectivity index (χ4n) is 1.58. The zero-order chi connectivity index (χ0) is 7.98. The van der Waals surface area contributed by atoms with Gasteiger partial charge in [-0.2, -0.15) is 0 Å². The van der Waals surface area contributed by atoms with Crippen molar-refractivity contribution in [2.24, 2.45) is 11.8 Å². The first-order chi connectivity index (χ1) is 4.76. The summed E-state index contributed by atoms with van der Waals surface area (Å²) in [6.45, 7) is 8.04. The van der Waals surface area contributed by atoms with Crippen molar-refractivity contribution in [2.45, 2.75) is 33.6 Å². The molecule has 0 aliphatic carbocycles. The Morgan fingerprint density at radius 3 is 2.00 bits per heavy atom. The average molecular weight is 143 g/mol. The minimum absolute atomic E-state index is 0.833. The fourth-order valence-corrected chi connectivity index (χ4v) is 1.58. The number of hydrogen-bond donors (Lipinski definition) is 1. The third-order valence-corrected chi connectivity index (χ3v) is 2.38. The Bertz CT molecular complexity index is 67.1. The van der Waals surface area contributed by atoms with Gasteiger partial charge in [0.05, 0.1) is 0 Å². The molecular formula is C9H21N. The first kappa shape index (κ1) is 9.96. The maximum absolute atomic E-state index is 3.22. The summed E-state index contributed by atoms with van der Waals surface area (Å²) >= 11 is 0. The summed E-state index contributed by atoms with van der Waals surface area (Å²) in [4.78, 5) is 0. The molecule has 10 heavy (non-hydrogen) atoms. The fraction of sp³-hybridized carbons (Fsp3) is 1.00. The van der Waals surface area contributed by atoms with Crippen LogP contribution in [0, 0.1) is 11.8 Å². The molecule has 0 aromatic rings. The third-order valence-electron chi connectivity index (χ3n) is 2.38. The normalized spacial score (nSPS) is 14.1. The van der Waals surface area contributed by atoms with Crippen LogP contribution in [0.3, 0.4) is 0 Å². The quantitative estimate of drug-likeness (QED) is 0.622. The molecule has 1 nitrogen and oxygen atoms in total. The Kier molecular flexibility index (Phi) is 5.70. The van der Waals surface area contributed by atoms with E-state index in [1.54, 1.807) is 0 Å². The summed E-state index contributed by atoms with van der Waals surface area (Å²) in [6, 6.07) is 0. The highest BCUT2D eigenvalue weighted by Gasteiger charge is 2.11. The molecule has 0 spiro atoms. The molecule has 0 heterocycles. The Morgan fingerprint density at radius 1 is 1.20 bits per heavy atom. The van der Waals surface area contributed by atoms with Crippen LogP contribution in [-0.2, 0) is 0 Å². The number of rotatable bonds is 5. The van der Waals surface area contributed by atoms with Crippen molar-refractivity contribution in [2.75, 3.05) is 13.6 Å². The standard InChI is InChI=1S/C9H21N/c1-5-9(6-2)8(3)7-10-4/h8-10H,5-7H2,1-4H3. The molecule has 0 bridgehead atoms. The van der Waals surface area contributed by atoms with Crippen LogP contribution in [0.1, 0.15) is 33.6 Å². The molecule has 0 aliphatic heterocycles. The van der Waals surface area contributed by atoms with Crippen molar-refractivity contribution in [1.82, 2.24) is 5.32 Å². The summed E-state index contributed by atoms with van der Waals surface area (Å²) in [5, 5.41) is 3.22. The van der Waals surface area contributed by atoms with Crippen LogP contribution in [0.4, 0.5) is 0 Å². The smallest absolute Gasteiger partial charge is 0.00235 e. The van der Waals surface area contributed by atoms with E-state index in [0.717, 1.165) is 18.4 Å². The monoisotopic (exact) mass is 143 g/mol. The van der Waals surface area contributed by atoms with Crippen molar-refractivity contribution in [3.05, 3.63) is 0 Å². The molecule has 0 aromatic heterocycles. The van der Waals surface area contributed by atoms with E-state index in [2.05, 4.69) is 26.1 Å². The highest BCUT2D eigenvalue weighted by molar-refractivity contribution is 4.64. The van der Waals surface area contributed by atoms with E-state index in [1.807, 2.05) is 7.05 Å². The molecule has 0 aliphatic rings. The van der Waals surface area contributed by atoms with Crippen LogP contribution in [0.15, 0.2) is 0 Å². The summed E-state index contributed by atoms with van der Waals surface area (Å²) < 4.78 is 0. The van der Waals surface area contributed by atoms with E-state index >= 15 is 0 Å². The lowest BCUT2D eigenvalue weighted by Crippen LogP contribution is -2.22. The predicted octanol–water partition coefficient (Wildman–Crippen LogP) is 2.28.